The van der Waals surface area contributed by atoms with Crippen LogP contribution in [-0.2, 0) is 9.53 Å². The molecule has 2 aliphatic heterocycles. The van der Waals surface area contributed by atoms with Crippen LogP contribution in [0.1, 0.15) is 30.7 Å². The molecule has 1 atom stereocenters. The number of piperidine rings is 1. The van der Waals surface area contributed by atoms with E-state index in [0.717, 1.165) is 25.9 Å². The Bertz CT molecular complexity index is 461. The van der Waals surface area contributed by atoms with Crippen molar-refractivity contribution in [2.75, 3.05) is 26.3 Å². The average molecular weight is 274 g/mol. The summed E-state index contributed by atoms with van der Waals surface area (Å²) in [5, 5.41) is 0. The molecule has 4 heteroatoms. The zero-order valence-electron chi connectivity index (χ0n) is 11.8. The van der Waals surface area contributed by atoms with E-state index in [1.165, 1.54) is 5.56 Å². The van der Waals surface area contributed by atoms with Gasteiger partial charge in [0.1, 0.15) is 5.54 Å². The highest BCUT2D eigenvalue weighted by Crippen LogP contribution is 2.29. The molecule has 2 fully saturated rings. The minimum atomic E-state index is -0.778. The molecule has 0 radical (unpaired) electrons. The van der Waals surface area contributed by atoms with Gasteiger partial charge in [0.05, 0.1) is 6.61 Å². The molecular formula is C16H22N2O2. The van der Waals surface area contributed by atoms with E-state index in [9.17, 15) is 4.79 Å². The molecule has 2 N–H and O–H groups in total. The van der Waals surface area contributed by atoms with Crippen molar-refractivity contribution in [1.82, 2.24) is 4.90 Å². The Morgan fingerprint density at radius 2 is 1.95 bits per heavy atom. The highest BCUT2D eigenvalue weighted by atomic mass is 16.5. The van der Waals surface area contributed by atoms with Gasteiger partial charge in [-0.2, -0.15) is 0 Å². The van der Waals surface area contributed by atoms with E-state index in [2.05, 4.69) is 24.3 Å². The maximum absolute atomic E-state index is 12.5. The Morgan fingerprint density at radius 1 is 1.25 bits per heavy atom. The Morgan fingerprint density at radius 3 is 2.55 bits per heavy atom. The van der Waals surface area contributed by atoms with Gasteiger partial charge in [-0.3, -0.25) is 4.79 Å². The van der Waals surface area contributed by atoms with Crippen LogP contribution in [0.5, 0.6) is 0 Å². The van der Waals surface area contributed by atoms with E-state index in [0.29, 0.717) is 25.6 Å². The first kappa shape index (κ1) is 13.6. The number of nitrogens with two attached hydrogens (primary N) is 1. The minimum Gasteiger partial charge on any atom is -0.379 e. The number of amides is 1. The lowest BCUT2D eigenvalue weighted by atomic mass is 9.88. The molecule has 20 heavy (non-hydrogen) atoms. The van der Waals surface area contributed by atoms with E-state index in [1.54, 1.807) is 0 Å². The summed E-state index contributed by atoms with van der Waals surface area (Å²) in [6, 6.07) is 10.6. The van der Waals surface area contributed by atoms with Crippen LogP contribution in [-0.4, -0.2) is 42.6 Å². The number of hydrogen-bond donors (Lipinski definition) is 1. The fourth-order valence-corrected chi connectivity index (χ4v) is 3.21. The SMILES string of the molecule is NC1(C(=O)N2CCC(c3ccccc3)CC2)CCOC1. The van der Waals surface area contributed by atoms with Crippen molar-refractivity contribution in [3.8, 4) is 0 Å². The molecule has 0 bridgehead atoms. The van der Waals surface area contributed by atoms with Gasteiger partial charge in [-0.25, -0.2) is 0 Å². The number of nitrogens with zero attached hydrogens (tertiary/aromatic N) is 1. The fourth-order valence-electron chi connectivity index (χ4n) is 3.21. The predicted octanol–water partition coefficient (Wildman–Crippen LogP) is 1.51. The average Bonchev–Trinajstić information content (AvgIpc) is 2.96. The third kappa shape index (κ3) is 2.58. The maximum Gasteiger partial charge on any atom is 0.245 e. The van der Waals surface area contributed by atoms with Crippen LogP contribution in [0, 0.1) is 0 Å². The number of carbonyl (C=O) groups excluding carboxylic acids is 1. The molecule has 0 saturated carbocycles. The normalized spacial score (nSPS) is 27.8. The predicted molar refractivity (Wildman–Crippen MR) is 77.4 cm³/mol. The van der Waals surface area contributed by atoms with Gasteiger partial charge in [-0.1, -0.05) is 30.3 Å². The van der Waals surface area contributed by atoms with E-state index in [4.69, 9.17) is 10.5 Å². The van der Waals surface area contributed by atoms with Crippen molar-refractivity contribution in [3.63, 3.8) is 0 Å². The van der Waals surface area contributed by atoms with E-state index < -0.39 is 5.54 Å². The highest BCUT2D eigenvalue weighted by molar-refractivity contribution is 5.86. The lowest BCUT2D eigenvalue weighted by molar-refractivity contribution is -0.138. The second kappa shape index (κ2) is 5.54. The van der Waals surface area contributed by atoms with Crippen LogP contribution in [0.2, 0.25) is 0 Å². The minimum absolute atomic E-state index is 0.0708. The van der Waals surface area contributed by atoms with Crippen LogP contribution < -0.4 is 5.73 Å². The van der Waals surface area contributed by atoms with Crippen LogP contribution in [0.25, 0.3) is 0 Å². The van der Waals surface area contributed by atoms with Crippen LogP contribution in [0.3, 0.4) is 0 Å². The summed E-state index contributed by atoms with van der Waals surface area (Å²) in [6.45, 7) is 2.57. The van der Waals surface area contributed by atoms with E-state index >= 15 is 0 Å². The lowest BCUT2D eigenvalue weighted by Gasteiger charge is -2.36. The van der Waals surface area contributed by atoms with Gasteiger partial charge in [-0.15, -0.1) is 0 Å². The van der Waals surface area contributed by atoms with Crippen molar-refractivity contribution in [3.05, 3.63) is 35.9 Å². The number of rotatable bonds is 2. The number of ether oxygens (including phenoxy) is 1. The number of hydrogen-bond acceptors (Lipinski definition) is 3. The lowest BCUT2D eigenvalue weighted by Crippen LogP contribution is -2.57. The van der Waals surface area contributed by atoms with Crippen molar-refractivity contribution >= 4 is 5.91 Å². The highest BCUT2D eigenvalue weighted by Gasteiger charge is 2.41. The van der Waals surface area contributed by atoms with E-state index in [1.807, 2.05) is 11.0 Å². The van der Waals surface area contributed by atoms with Gasteiger partial charge < -0.3 is 15.4 Å². The van der Waals surface area contributed by atoms with Crippen molar-refractivity contribution in [1.29, 1.82) is 0 Å². The van der Waals surface area contributed by atoms with E-state index in [-0.39, 0.29) is 5.91 Å². The first-order valence-corrected chi connectivity index (χ1v) is 7.40. The van der Waals surface area contributed by atoms with Gasteiger partial charge >= 0.3 is 0 Å². The van der Waals surface area contributed by atoms with Gasteiger partial charge in [0, 0.05) is 19.7 Å². The van der Waals surface area contributed by atoms with Crippen LogP contribution in [0.15, 0.2) is 30.3 Å². The maximum atomic E-state index is 12.5. The molecule has 2 aliphatic rings. The largest absolute Gasteiger partial charge is 0.379 e. The Kier molecular flexibility index (Phi) is 3.76. The zero-order chi connectivity index (χ0) is 14.0. The molecule has 1 aromatic carbocycles. The Labute approximate surface area is 119 Å². The summed E-state index contributed by atoms with van der Waals surface area (Å²) in [7, 11) is 0. The van der Waals surface area contributed by atoms with Crippen molar-refractivity contribution in [2.24, 2.45) is 5.73 Å². The van der Waals surface area contributed by atoms with Crippen molar-refractivity contribution < 1.29 is 9.53 Å². The summed E-state index contributed by atoms with van der Waals surface area (Å²) in [5.41, 5.74) is 6.77. The standard InChI is InChI=1S/C16H22N2O2/c17-16(8-11-20-12-16)15(19)18-9-6-14(7-10-18)13-4-2-1-3-5-13/h1-5,14H,6-12,17H2. The van der Waals surface area contributed by atoms with Crippen molar-refractivity contribution in [2.45, 2.75) is 30.7 Å². The Balaban J connectivity index is 1.60. The quantitative estimate of drug-likeness (QED) is 0.889. The number of carbonyl (C=O) groups is 1. The summed E-state index contributed by atoms with van der Waals surface area (Å²) >= 11 is 0. The van der Waals surface area contributed by atoms with Crippen LogP contribution >= 0.6 is 0 Å². The fraction of sp³-hybridized carbons (Fsp3) is 0.562. The monoisotopic (exact) mass is 274 g/mol. The third-order valence-corrected chi connectivity index (χ3v) is 4.53. The van der Waals surface area contributed by atoms with Crippen LogP contribution in [0.4, 0.5) is 0 Å². The molecular weight excluding hydrogens is 252 g/mol. The summed E-state index contributed by atoms with van der Waals surface area (Å²) < 4.78 is 5.29. The molecule has 4 nitrogen and oxygen atoms in total. The molecule has 2 saturated heterocycles. The molecule has 1 unspecified atom stereocenters. The molecule has 108 valence electrons. The summed E-state index contributed by atoms with van der Waals surface area (Å²) in [5.74, 6) is 0.635. The Hall–Kier alpha value is -1.39. The third-order valence-electron chi connectivity index (χ3n) is 4.53. The molecule has 1 aromatic rings. The molecule has 0 spiro atoms. The molecule has 3 rings (SSSR count). The van der Waals surface area contributed by atoms with Gasteiger partial charge in [0.15, 0.2) is 0 Å². The van der Waals surface area contributed by atoms with Gasteiger partial charge in [-0.05, 0) is 30.7 Å². The first-order chi connectivity index (χ1) is 9.69. The van der Waals surface area contributed by atoms with Gasteiger partial charge in [0.25, 0.3) is 0 Å². The second-order valence-corrected chi connectivity index (χ2v) is 5.94. The summed E-state index contributed by atoms with van der Waals surface area (Å²) in [4.78, 5) is 14.4. The molecule has 0 aromatic heterocycles. The molecule has 1 amide bonds. The smallest absolute Gasteiger partial charge is 0.245 e. The zero-order valence-corrected chi connectivity index (χ0v) is 11.8. The number of benzene rings is 1. The second-order valence-electron chi connectivity index (χ2n) is 5.94. The molecule has 0 aliphatic carbocycles. The first-order valence-electron chi connectivity index (χ1n) is 7.40. The number of likely N-dealkylation sites (tertiary alicyclic amines) is 1. The molecule has 2 heterocycles. The topological polar surface area (TPSA) is 55.6 Å². The summed E-state index contributed by atoms with van der Waals surface area (Å²) in [6.07, 6.45) is 2.68. The van der Waals surface area contributed by atoms with Gasteiger partial charge in [0.2, 0.25) is 5.91 Å².